The number of rotatable bonds is 8. The van der Waals surface area contributed by atoms with Gasteiger partial charge < -0.3 is 10.1 Å². The Labute approximate surface area is 209 Å². The van der Waals surface area contributed by atoms with E-state index in [1.807, 2.05) is 10.6 Å². The smallest absolute Gasteiger partial charge is 0.254 e. The molecule has 2 N–H and O–H groups in total. The molecule has 186 valence electrons. The van der Waals surface area contributed by atoms with Crippen molar-refractivity contribution in [2.75, 3.05) is 38.2 Å². The van der Waals surface area contributed by atoms with Crippen LogP contribution in [0.5, 0.6) is 0 Å². The van der Waals surface area contributed by atoms with E-state index in [0.29, 0.717) is 17.3 Å². The van der Waals surface area contributed by atoms with Gasteiger partial charge in [0.2, 0.25) is 5.91 Å². The van der Waals surface area contributed by atoms with Crippen molar-refractivity contribution in [1.29, 1.82) is 0 Å². The normalized spacial score (nSPS) is 20.7. The average molecular weight is 487 g/mol. The zero-order valence-corrected chi connectivity index (χ0v) is 20.2. The van der Waals surface area contributed by atoms with Crippen molar-refractivity contribution in [2.24, 2.45) is 0 Å². The van der Waals surface area contributed by atoms with E-state index >= 15 is 0 Å². The van der Waals surface area contributed by atoms with Crippen molar-refractivity contribution in [2.45, 2.75) is 37.6 Å². The Balaban J connectivity index is 1.36. The SMILES string of the molecule is O=C1C/C(=C\c2cnn3c(NC4CC4)cc(CC(CN4CCOCC4)c4ccccc4)nc23)C(=O)N1. The number of fused-ring (bicyclic) bond motifs is 1. The number of carbonyl (C=O) groups excluding carboxylic acids is 2. The molecule has 2 amide bonds. The molecule has 9 nitrogen and oxygen atoms in total. The van der Waals surface area contributed by atoms with Gasteiger partial charge in [-0.25, -0.2) is 4.98 Å². The third-order valence-corrected chi connectivity index (χ3v) is 7.02. The monoisotopic (exact) mass is 486 g/mol. The van der Waals surface area contributed by atoms with E-state index in [2.05, 4.69) is 51.0 Å². The second-order valence-corrected chi connectivity index (χ2v) is 9.84. The van der Waals surface area contributed by atoms with Crippen LogP contribution in [0.3, 0.4) is 0 Å². The first-order chi connectivity index (χ1) is 17.6. The lowest BCUT2D eigenvalue weighted by molar-refractivity contribution is -0.124. The molecule has 1 aromatic carbocycles. The van der Waals surface area contributed by atoms with Gasteiger partial charge in [-0.05, 0) is 30.9 Å². The second-order valence-electron chi connectivity index (χ2n) is 9.84. The molecular formula is C27H30N6O3. The number of hydrogen-bond acceptors (Lipinski definition) is 7. The molecule has 2 aliphatic heterocycles. The average Bonchev–Trinajstić information content (AvgIpc) is 3.53. The Kier molecular flexibility index (Phi) is 6.25. The summed E-state index contributed by atoms with van der Waals surface area (Å²) in [5.41, 5.74) is 4.13. The number of aromatic nitrogens is 3. The summed E-state index contributed by atoms with van der Waals surface area (Å²) in [6.45, 7) is 4.34. The molecule has 2 saturated heterocycles. The first kappa shape index (κ1) is 22.9. The lowest BCUT2D eigenvalue weighted by Crippen LogP contribution is -2.39. The Morgan fingerprint density at radius 3 is 2.69 bits per heavy atom. The molecule has 3 fully saturated rings. The van der Waals surface area contributed by atoms with Crippen LogP contribution in [0, 0.1) is 0 Å². The van der Waals surface area contributed by atoms with Crippen LogP contribution in [0.25, 0.3) is 11.7 Å². The number of ether oxygens (including phenoxy) is 1. The maximum Gasteiger partial charge on any atom is 0.254 e. The summed E-state index contributed by atoms with van der Waals surface area (Å²) in [6, 6.07) is 13.2. The van der Waals surface area contributed by atoms with Crippen LogP contribution >= 0.6 is 0 Å². The molecule has 2 aromatic heterocycles. The molecule has 1 saturated carbocycles. The Morgan fingerprint density at radius 2 is 1.97 bits per heavy atom. The fourth-order valence-electron chi connectivity index (χ4n) is 4.95. The molecule has 3 aromatic rings. The van der Waals surface area contributed by atoms with Gasteiger partial charge in [-0.1, -0.05) is 30.3 Å². The van der Waals surface area contributed by atoms with Gasteiger partial charge in [0.15, 0.2) is 5.65 Å². The lowest BCUT2D eigenvalue weighted by Gasteiger charge is -2.30. The van der Waals surface area contributed by atoms with E-state index in [1.54, 1.807) is 12.3 Å². The molecule has 9 heteroatoms. The predicted molar refractivity (Wildman–Crippen MR) is 136 cm³/mol. The number of nitrogens with one attached hydrogen (secondary N) is 2. The van der Waals surface area contributed by atoms with Crippen molar-refractivity contribution in [3.05, 3.63) is 65.0 Å². The van der Waals surface area contributed by atoms with Crippen LogP contribution in [0.2, 0.25) is 0 Å². The molecule has 0 spiro atoms. The van der Waals surface area contributed by atoms with Crippen LogP contribution in [-0.4, -0.2) is 70.2 Å². The number of hydrogen-bond donors (Lipinski definition) is 2. The molecule has 36 heavy (non-hydrogen) atoms. The van der Waals surface area contributed by atoms with E-state index < -0.39 is 0 Å². The van der Waals surface area contributed by atoms with Crippen LogP contribution in [-0.2, 0) is 20.7 Å². The molecule has 1 unspecified atom stereocenters. The zero-order valence-electron chi connectivity index (χ0n) is 20.2. The second kappa shape index (κ2) is 9.83. The summed E-state index contributed by atoms with van der Waals surface area (Å²) >= 11 is 0. The van der Waals surface area contributed by atoms with E-state index in [9.17, 15) is 9.59 Å². The topological polar surface area (TPSA) is 101 Å². The highest BCUT2D eigenvalue weighted by Crippen LogP contribution is 2.29. The van der Waals surface area contributed by atoms with Gasteiger partial charge in [0.05, 0.1) is 25.8 Å². The van der Waals surface area contributed by atoms with Gasteiger partial charge in [0.1, 0.15) is 5.82 Å². The zero-order chi connectivity index (χ0) is 24.5. The highest BCUT2D eigenvalue weighted by atomic mass is 16.5. The summed E-state index contributed by atoms with van der Waals surface area (Å²) in [6.07, 6.45) is 6.60. The molecule has 4 heterocycles. The number of amides is 2. The summed E-state index contributed by atoms with van der Waals surface area (Å²) < 4.78 is 7.37. The molecule has 0 radical (unpaired) electrons. The summed E-state index contributed by atoms with van der Waals surface area (Å²) in [5.74, 6) is 0.561. The fraction of sp³-hybridized carbons (Fsp3) is 0.407. The van der Waals surface area contributed by atoms with Crippen molar-refractivity contribution < 1.29 is 14.3 Å². The van der Waals surface area contributed by atoms with Gasteiger partial charge >= 0.3 is 0 Å². The molecule has 1 aliphatic carbocycles. The summed E-state index contributed by atoms with van der Waals surface area (Å²) in [7, 11) is 0. The maximum atomic E-state index is 12.2. The van der Waals surface area contributed by atoms with Crippen molar-refractivity contribution in [3.8, 4) is 0 Å². The predicted octanol–water partition coefficient (Wildman–Crippen LogP) is 2.39. The van der Waals surface area contributed by atoms with Gasteiger partial charge in [-0.15, -0.1) is 0 Å². The van der Waals surface area contributed by atoms with Crippen LogP contribution in [0.15, 0.2) is 48.2 Å². The highest BCUT2D eigenvalue weighted by molar-refractivity contribution is 6.15. The largest absolute Gasteiger partial charge is 0.379 e. The molecule has 1 atom stereocenters. The fourth-order valence-corrected chi connectivity index (χ4v) is 4.95. The van der Waals surface area contributed by atoms with Crippen molar-refractivity contribution >= 4 is 29.4 Å². The van der Waals surface area contributed by atoms with Crippen LogP contribution in [0.1, 0.15) is 42.0 Å². The first-order valence-electron chi connectivity index (χ1n) is 12.7. The van der Waals surface area contributed by atoms with Gasteiger partial charge in [-0.2, -0.15) is 9.61 Å². The highest BCUT2D eigenvalue weighted by Gasteiger charge is 2.26. The number of carbonyl (C=O) groups is 2. The number of morpholine rings is 1. The molecule has 3 aliphatic rings. The Morgan fingerprint density at radius 1 is 1.17 bits per heavy atom. The molecule has 0 bridgehead atoms. The van der Waals surface area contributed by atoms with E-state index in [4.69, 9.17) is 9.72 Å². The first-order valence-corrected chi connectivity index (χ1v) is 12.7. The maximum absolute atomic E-state index is 12.2. The minimum absolute atomic E-state index is 0.0820. The van der Waals surface area contributed by atoms with Gasteiger partial charge in [0.25, 0.3) is 5.91 Å². The number of benzene rings is 1. The van der Waals surface area contributed by atoms with E-state index in [-0.39, 0.29) is 24.2 Å². The summed E-state index contributed by atoms with van der Waals surface area (Å²) in [5, 5.41) is 10.5. The molecular weight excluding hydrogens is 456 g/mol. The number of nitrogens with zero attached hydrogens (tertiary/aromatic N) is 4. The van der Waals surface area contributed by atoms with Crippen molar-refractivity contribution in [3.63, 3.8) is 0 Å². The van der Waals surface area contributed by atoms with E-state index in [1.165, 1.54) is 5.56 Å². The van der Waals surface area contributed by atoms with Gasteiger partial charge in [-0.3, -0.25) is 19.8 Å². The lowest BCUT2D eigenvalue weighted by atomic mass is 9.93. The number of anilines is 1. The van der Waals surface area contributed by atoms with Crippen LogP contribution < -0.4 is 10.6 Å². The third kappa shape index (κ3) is 5.03. The number of imide groups is 1. The van der Waals surface area contributed by atoms with Crippen LogP contribution in [0.4, 0.5) is 5.82 Å². The van der Waals surface area contributed by atoms with Crippen molar-refractivity contribution in [1.82, 2.24) is 24.8 Å². The molecule has 6 rings (SSSR count). The Bertz CT molecular complexity index is 1310. The minimum Gasteiger partial charge on any atom is -0.379 e. The van der Waals surface area contributed by atoms with E-state index in [0.717, 1.165) is 69.2 Å². The quantitative estimate of drug-likeness (QED) is 0.372. The standard InChI is InChI=1S/C27H30N6O3/c34-25-14-19(27(35)31-25)12-20-16-28-33-24(29-22-6-7-22)15-23(30-26(20)33)13-21(18-4-2-1-3-5-18)17-32-8-10-36-11-9-32/h1-5,12,15-16,21-22,29H,6-11,13-14,17H2,(H,31,34,35)/b19-12+. The summed E-state index contributed by atoms with van der Waals surface area (Å²) in [4.78, 5) is 31.3. The third-order valence-electron chi connectivity index (χ3n) is 7.02. The Hall–Kier alpha value is -3.56. The van der Waals surface area contributed by atoms with Gasteiger partial charge in [0, 0.05) is 54.5 Å². The minimum atomic E-state index is -0.346.